The molecule has 3 aromatic rings. The largest absolute Gasteiger partial charge is 0.452 e. The molecule has 1 heterocycles. The number of rotatable bonds is 6. The number of ketones is 1. The fourth-order valence-electron chi connectivity index (χ4n) is 2.82. The molecule has 0 fully saturated rings. The van der Waals surface area contributed by atoms with E-state index in [1.54, 1.807) is 48.5 Å². The zero-order valence-corrected chi connectivity index (χ0v) is 16.3. The number of fused-ring (bicyclic) bond motifs is 1. The normalized spacial score (nSPS) is 11.0. The second-order valence-corrected chi connectivity index (χ2v) is 7.16. The van der Waals surface area contributed by atoms with E-state index in [0.29, 0.717) is 17.3 Å². The molecule has 0 amide bonds. The van der Waals surface area contributed by atoms with Gasteiger partial charge < -0.3 is 4.74 Å². The van der Waals surface area contributed by atoms with Crippen molar-refractivity contribution in [3.8, 4) is 0 Å². The molecule has 0 spiro atoms. The van der Waals surface area contributed by atoms with Crippen molar-refractivity contribution in [2.75, 3.05) is 6.61 Å². The van der Waals surface area contributed by atoms with Gasteiger partial charge in [-0.25, -0.2) is 9.48 Å². The molecule has 28 heavy (non-hydrogen) atoms. The number of Topliss-reactive ketones (excluding diaryl/α,β-unsaturated/α-hetero) is 1. The van der Waals surface area contributed by atoms with Crippen molar-refractivity contribution in [2.45, 2.75) is 20.4 Å². The number of aromatic nitrogens is 2. The van der Waals surface area contributed by atoms with E-state index in [1.807, 2.05) is 13.8 Å². The maximum atomic E-state index is 12.6. The van der Waals surface area contributed by atoms with Crippen molar-refractivity contribution in [2.24, 2.45) is 5.92 Å². The number of nitrogens with zero attached hydrogens (tertiary/aromatic N) is 2. The van der Waals surface area contributed by atoms with Crippen LogP contribution >= 0.6 is 11.6 Å². The molecule has 7 heteroatoms. The van der Waals surface area contributed by atoms with E-state index in [1.165, 1.54) is 4.68 Å². The summed E-state index contributed by atoms with van der Waals surface area (Å²) in [6.45, 7) is 3.79. The number of ether oxygens (including phenoxy) is 1. The molecule has 0 radical (unpaired) electrons. The maximum absolute atomic E-state index is 12.6. The number of esters is 1. The van der Waals surface area contributed by atoms with E-state index in [4.69, 9.17) is 16.3 Å². The van der Waals surface area contributed by atoms with Gasteiger partial charge in [-0.3, -0.25) is 9.59 Å². The molecule has 0 saturated carbocycles. The molecular weight excluding hydrogens is 380 g/mol. The third-order valence-corrected chi connectivity index (χ3v) is 4.44. The summed E-state index contributed by atoms with van der Waals surface area (Å²) in [4.78, 5) is 37.5. The third-order valence-electron chi connectivity index (χ3n) is 4.11. The smallest absolute Gasteiger partial charge is 0.359 e. The summed E-state index contributed by atoms with van der Waals surface area (Å²) in [7, 11) is 0. The molecule has 3 rings (SSSR count). The van der Waals surface area contributed by atoms with Gasteiger partial charge >= 0.3 is 5.97 Å². The lowest BCUT2D eigenvalue weighted by Crippen LogP contribution is -2.28. The molecule has 144 valence electrons. The Morgan fingerprint density at radius 3 is 2.39 bits per heavy atom. The van der Waals surface area contributed by atoms with Crippen LogP contribution in [-0.4, -0.2) is 28.1 Å². The second-order valence-electron chi connectivity index (χ2n) is 6.75. The Labute approximate surface area is 166 Å². The number of carbonyl (C=O) groups excluding carboxylic acids is 2. The topological polar surface area (TPSA) is 78.3 Å². The fraction of sp³-hybridized carbons (Fsp3) is 0.238. The van der Waals surface area contributed by atoms with E-state index in [0.717, 1.165) is 0 Å². The molecule has 0 saturated heterocycles. The molecule has 2 aromatic carbocycles. The van der Waals surface area contributed by atoms with Crippen molar-refractivity contribution >= 4 is 34.1 Å². The number of halogens is 1. The first-order chi connectivity index (χ1) is 13.4. The van der Waals surface area contributed by atoms with Crippen molar-refractivity contribution in [1.29, 1.82) is 0 Å². The van der Waals surface area contributed by atoms with Crippen LogP contribution < -0.4 is 5.56 Å². The maximum Gasteiger partial charge on any atom is 0.359 e. The Kier molecular flexibility index (Phi) is 5.90. The third kappa shape index (κ3) is 4.12. The zero-order valence-electron chi connectivity index (χ0n) is 15.5. The monoisotopic (exact) mass is 398 g/mol. The summed E-state index contributed by atoms with van der Waals surface area (Å²) in [5.41, 5.74) is 0.00960. The Bertz CT molecular complexity index is 1110. The van der Waals surface area contributed by atoms with Crippen molar-refractivity contribution in [3.63, 3.8) is 0 Å². The highest BCUT2D eigenvalue weighted by Crippen LogP contribution is 2.17. The van der Waals surface area contributed by atoms with Gasteiger partial charge in [-0.05, 0) is 24.1 Å². The predicted molar refractivity (Wildman–Crippen MR) is 107 cm³/mol. The molecule has 0 unspecified atom stereocenters. The van der Waals surface area contributed by atoms with Crippen molar-refractivity contribution in [3.05, 3.63) is 75.2 Å². The van der Waals surface area contributed by atoms with Gasteiger partial charge in [0.05, 0.1) is 10.4 Å². The van der Waals surface area contributed by atoms with Gasteiger partial charge in [0.1, 0.15) is 0 Å². The molecule has 0 atom stereocenters. The lowest BCUT2D eigenvalue weighted by Gasteiger charge is -2.12. The van der Waals surface area contributed by atoms with Crippen LogP contribution in [0.3, 0.4) is 0 Å². The number of hydrogen-bond donors (Lipinski definition) is 0. The minimum atomic E-state index is -0.769. The van der Waals surface area contributed by atoms with Crippen LogP contribution in [0.5, 0.6) is 0 Å². The van der Waals surface area contributed by atoms with Gasteiger partial charge in [-0.2, -0.15) is 5.10 Å². The highest BCUT2D eigenvalue weighted by molar-refractivity contribution is 6.34. The first-order valence-electron chi connectivity index (χ1n) is 8.83. The molecule has 0 bridgehead atoms. The van der Waals surface area contributed by atoms with Crippen LogP contribution in [0, 0.1) is 5.92 Å². The average Bonchev–Trinajstić information content (AvgIpc) is 2.68. The minimum absolute atomic E-state index is 0.00260. The SMILES string of the molecule is CC(C)Cn1nc(C(=O)OCC(=O)c2ccccc2Cl)c2ccccc2c1=O. The summed E-state index contributed by atoms with van der Waals surface area (Å²) >= 11 is 6.00. The molecule has 0 aliphatic heterocycles. The first kappa shape index (κ1) is 19.8. The van der Waals surface area contributed by atoms with Gasteiger partial charge in [-0.1, -0.05) is 55.8 Å². The van der Waals surface area contributed by atoms with E-state index < -0.39 is 18.4 Å². The van der Waals surface area contributed by atoms with Gasteiger partial charge in [-0.15, -0.1) is 0 Å². The van der Waals surface area contributed by atoms with Crippen LogP contribution in [0.4, 0.5) is 0 Å². The fourth-order valence-corrected chi connectivity index (χ4v) is 3.06. The zero-order chi connectivity index (χ0) is 20.3. The lowest BCUT2D eigenvalue weighted by atomic mass is 10.1. The minimum Gasteiger partial charge on any atom is -0.452 e. The van der Waals surface area contributed by atoms with E-state index in [-0.39, 0.29) is 27.8 Å². The number of benzene rings is 2. The highest BCUT2D eigenvalue weighted by atomic mass is 35.5. The summed E-state index contributed by atoms with van der Waals surface area (Å²) in [6, 6.07) is 13.2. The van der Waals surface area contributed by atoms with E-state index >= 15 is 0 Å². The summed E-state index contributed by atoms with van der Waals surface area (Å²) < 4.78 is 6.45. The summed E-state index contributed by atoms with van der Waals surface area (Å²) in [5.74, 6) is -1.02. The predicted octanol–water partition coefficient (Wildman–Crippen LogP) is 3.75. The standard InChI is InChI=1S/C21H19ClN2O4/c1-13(2)11-24-20(26)15-8-4-3-7-14(15)19(23-24)21(27)28-12-18(25)16-9-5-6-10-17(16)22/h3-10,13H,11-12H2,1-2H3. The lowest BCUT2D eigenvalue weighted by molar-refractivity contribution is 0.0468. The van der Waals surface area contributed by atoms with Crippen LogP contribution in [0.25, 0.3) is 10.8 Å². The number of hydrogen-bond acceptors (Lipinski definition) is 5. The molecule has 0 aliphatic carbocycles. The Hall–Kier alpha value is -2.99. The highest BCUT2D eigenvalue weighted by Gasteiger charge is 2.20. The van der Waals surface area contributed by atoms with Crippen molar-refractivity contribution < 1.29 is 14.3 Å². The Morgan fingerprint density at radius 2 is 1.71 bits per heavy atom. The molecule has 0 aliphatic rings. The van der Waals surface area contributed by atoms with Gasteiger partial charge in [0, 0.05) is 17.5 Å². The van der Waals surface area contributed by atoms with Crippen LogP contribution in [0.1, 0.15) is 34.7 Å². The summed E-state index contributed by atoms with van der Waals surface area (Å²) in [5, 5.41) is 5.26. The molecule has 1 aromatic heterocycles. The van der Waals surface area contributed by atoms with Crippen LogP contribution in [0.15, 0.2) is 53.3 Å². The van der Waals surface area contributed by atoms with Crippen LogP contribution in [-0.2, 0) is 11.3 Å². The first-order valence-corrected chi connectivity index (χ1v) is 9.21. The average molecular weight is 399 g/mol. The second kappa shape index (κ2) is 8.35. The van der Waals surface area contributed by atoms with Crippen LogP contribution in [0.2, 0.25) is 5.02 Å². The molecule has 0 N–H and O–H groups in total. The Balaban J connectivity index is 1.91. The van der Waals surface area contributed by atoms with Crippen molar-refractivity contribution in [1.82, 2.24) is 9.78 Å². The number of carbonyl (C=O) groups is 2. The van der Waals surface area contributed by atoms with Gasteiger partial charge in [0.2, 0.25) is 5.78 Å². The van der Waals surface area contributed by atoms with E-state index in [2.05, 4.69) is 5.10 Å². The quantitative estimate of drug-likeness (QED) is 0.466. The van der Waals surface area contributed by atoms with E-state index in [9.17, 15) is 14.4 Å². The van der Waals surface area contributed by atoms with Gasteiger partial charge in [0.15, 0.2) is 12.3 Å². The molecule has 6 nitrogen and oxygen atoms in total. The van der Waals surface area contributed by atoms with Gasteiger partial charge in [0.25, 0.3) is 5.56 Å². The molecular formula is C21H19ClN2O4. The Morgan fingerprint density at radius 1 is 1.07 bits per heavy atom. The summed E-state index contributed by atoms with van der Waals surface area (Å²) in [6.07, 6.45) is 0.